The van der Waals surface area contributed by atoms with Crippen molar-refractivity contribution in [2.45, 2.75) is 32.4 Å². The number of carbonyl (C=O) groups is 1. The zero-order valence-corrected chi connectivity index (χ0v) is 12.9. The van der Waals surface area contributed by atoms with E-state index >= 15 is 0 Å². The summed E-state index contributed by atoms with van der Waals surface area (Å²) in [5.41, 5.74) is 0. The molecular weight excluding hydrogens is 284 g/mol. The van der Waals surface area contributed by atoms with Crippen LogP contribution in [-0.4, -0.2) is 37.7 Å². The van der Waals surface area contributed by atoms with Crippen LogP contribution in [0, 0.1) is 6.92 Å². The van der Waals surface area contributed by atoms with E-state index in [1.165, 1.54) is 9.75 Å². The lowest BCUT2D eigenvalue weighted by Crippen LogP contribution is -2.50. The maximum atomic E-state index is 11.9. The van der Waals surface area contributed by atoms with E-state index in [1.807, 2.05) is 6.92 Å². The Balaban J connectivity index is 0.00000180. The molecule has 1 saturated heterocycles. The van der Waals surface area contributed by atoms with Gasteiger partial charge in [-0.3, -0.25) is 4.79 Å². The zero-order chi connectivity index (χ0) is 13.0. The number of ether oxygens (including phenoxy) is 1. The van der Waals surface area contributed by atoms with E-state index in [1.54, 1.807) is 11.3 Å². The second kappa shape index (κ2) is 7.85. The van der Waals surface area contributed by atoms with Gasteiger partial charge in [-0.1, -0.05) is 0 Å². The first-order chi connectivity index (χ1) is 8.65. The van der Waals surface area contributed by atoms with E-state index < -0.39 is 0 Å². The molecule has 0 bridgehead atoms. The Labute approximate surface area is 124 Å². The van der Waals surface area contributed by atoms with Crippen molar-refractivity contribution in [3.05, 3.63) is 21.9 Å². The van der Waals surface area contributed by atoms with Gasteiger partial charge < -0.3 is 15.4 Å². The van der Waals surface area contributed by atoms with E-state index in [4.69, 9.17) is 4.74 Å². The monoisotopic (exact) mass is 304 g/mol. The first-order valence-corrected chi connectivity index (χ1v) is 7.15. The van der Waals surface area contributed by atoms with Gasteiger partial charge in [0.15, 0.2) is 0 Å². The predicted molar refractivity (Wildman–Crippen MR) is 80.2 cm³/mol. The normalized spacial score (nSPS) is 20.4. The summed E-state index contributed by atoms with van der Waals surface area (Å²) in [4.78, 5) is 14.5. The van der Waals surface area contributed by atoms with E-state index in [9.17, 15) is 4.79 Å². The number of thiophene rings is 1. The number of amides is 1. The van der Waals surface area contributed by atoms with Crippen LogP contribution in [0.15, 0.2) is 12.1 Å². The van der Waals surface area contributed by atoms with Crippen molar-refractivity contribution in [2.24, 2.45) is 0 Å². The fourth-order valence-corrected chi connectivity index (χ4v) is 3.04. The molecule has 1 aromatic heterocycles. The summed E-state index contributed by atoms with van der Waals surface area (Å²) in [6.07, 6.45) is 0.538. The van der Waals surface area contributed by atoms with Crippen LogP contribution in [0.3, 0.4) is 0 Å². The summed E-state index contributed by atoms with van der Waals surface area (Å²) in [5, 5.41) is 6.17. The van der Waals surface area contributed by atoms with Gasteiger partial charge in [0, 0.05) is 35.3 Å². The van der Waals surface area contributed by atoms with Crippen LogP contribution in [0.5, 0.6) is 0 Å². The fourth-order valence-electron chi connectivity index (χ4n) is 2.02. The highest BCUT2D eigenvalue weighted by Crippen LogP contribution is 2.16. The summed E-state index contributed by atoms with van der Waals surface area (Å²) in [7, 11) is 0. The summed E-state index contributed by atoms with van der Waals surface area (Å²) < 4.78 is 5.42. The molecule has 1 amide bonds. The quantitative estimate of drug-likeness (QED) is 0.886. The van der Waals surface area contributed by atoms with Crippen LogP contribution in [0.2, 0.25) is 0 Å². The maximum absolute atomic E-state index is 11.9. The van der Waals surface area contributed by atoms with Crippen LogP contribution in [-0.2, 0) is 16.0 Å². The Kier molecular flexibility index (Phi) is 6.79. The average Bonchev–Trinajstić information content (AvgIpc) is 2.75. The first kappa shape index (κ1) is 16.4. The molecule has 2 unspecified atom stereocenters. The molecule has 6 heteroatoms. The van der Waals surface area contributed by atoms with Crippen molar-refractivity contribution >= 4 is 29.7 Å². The number of hydrogen-bond acceptors (Lipinski definition) is 4. The highest BCUT2D eigenvalue weighted by atomic mass is 35.5. The molecule has 1 aromatic rings. The summed E-state index contributed by atoms with van der Waals surface area (Å²) in [6.45, 7) is 6.17. The minimum absolute atomic E-state index is 0. The number of hydrogen-bond donors (Lipinski definition) is 2. The molecule has 1 fully saturated rings. The Bertz CT molecular complexity index is 405. The van der Waals surface area contributed by atoms with E-state index in [2.05, 4.69) is 29.7 Å². The van der Waals surface area contributed by atoms with Gasteiger partial charge in [-0.15, -0.1) is 23.7 Å². The van der Waals surface area contributed by atoms with Gasteiger partial charge in [0.2, 0.25) is 0 Å². The summed E-state index contributed by atoms with van der Waals surface area (Å²) in [5.74, 6) is -0.0111. The molecule has 2 N–H and O–H groups in total. The van der Waals surface area contributed by atoms with Gasteiger partial charge in [-0.05, 0) is 26.0 Å². The molecule has 1 aliphatic rings. The van der Waals surface area contributed by atoms with Gasteiger partial charge >= 0.3 is 0 Å². The van der Waals surface area contributed by atoms with Crippen LogP contribution in [0.1, 0.15) is 16.7 Å². The SMILES string of the molecule is Cc1ccc(CC(C)NC(=O)C2CNCCO2)s1.Cl. The number of carbonyl (C=O) groups excluding carboxylic acids is 1. The number of morpholine rings is 1. The first-order valence-electron chi connectivity index (χ1n) is 6.33. The van der Waals surface area contributed by atoms with E-state index in [0.717, 1.165) is 13.0 Å². The molecule has 2 atom stereocenters. The number of aryl methyl sites for hydroxylation is 1. The van der Waals surface area contributed by atoms with Crippen LogP contribution in [0.4, 0.5) is 0 Å². The highest BCUT2D eigenvalue weighted by molar-refractivity contribution is 7.11. The fraction of sp³-hybridized carbons (Fsp3) is 0.615. The summed E-state index contributed by atoms with van der Waals surface area (Å²) >= 11 is 1.78. The predicted octanol–water partition coefficient (Wildman–Crippen LogP) is 1.51. The third-order valence-electron chi connectivity index (χ3n) is 2.91. The van der Waals surface area contributed by atoms with Crippen molar-refractivity contribution in [3.8, 4) is 0 Å². The number of nitrogens with one attached hydrogen (secondary N) is 2. The number of halogens is 1. The molecule has 0 saturated carbocycles. The Morgan fingerprint density at radius 3 is 3.00 bits per heavy atom. The molecule has 4 nitrogen and oxygen atoms in total. The zero-order valence-electron chi connectivity index (χ0n) is 11.3. The highest BCUT2D eigenvalue weighted by Gasteiger charge is 2.22. The molecule has 0 spiro atoms. The third kappa shape index (κ3) is 5.10. The Hall–Kier alpha value is -0.620. The maximum Gasteiger partial charge on any atom is 0.250 e. The van der Waals surface area contributed by atoms with Gasteiger partial charge in [-0.2, -0.15) is 0 Å². The molecule has 108 valence electrons. The van der Waals surface area contributed by atoms with Gasteiger partial charge in [0.25, 0.3) is 5.91 Å². The Morgan fingerprint density at radius 2 is 2.42 bits per heavy atom. The van der Waals surface area contributed by atoms with Crippen molar-refractivity contribution in [1.82, 2.24) is 10.6 Å². The largest absolute Gasteiger partial charge is 0.366 e. The molecule has 1 aliphatic heterocycles. The average molecular weight is 305 g/mol. The van der Waals surface area contributed by atoms with Gasteiger partial charge in [-0.25, -0.2) is 0 Å². The van der Waals surface area contributed by atoms with Crippen LogP contribution < -0.4 is 10.6 Å². The van der Waals surface area contributed by atoms with Crippen molar-refractivity contribution in [1.29, 1.82) is 0 Å². The van der Waals surface area contributed by atoms with Crippen molar-refractivity contribution in [2.75, 3.05) is 19.7 Å². The van der Waals surface area contributed by atoms with Crippen molar-refractivity contribution < 1.29 is 9.53 Å². The molecule has 19 heavy (non-hydrogen) atoms. The second-order valence-corrected chi connectivity index (χ2v) is 6.06. The molecular formula is C13H21ClN2O2S. The minimum atomic E-state index is -0.341. The topological polar surface area (TPSA) is 50.4 Å². The number of rotatable bonds is 4. The molecule has 0 aromatic carbocycles. The lowest BCUT2D eigenvalue weighted by molar-refractivity contribution is -0.134. The molecule has 2 rings (SSSR count). The van der Waals surface area contributed by atoms with Crippen molar-refractivity contribution in [3.63, 3.8) is 0 Å². The molecule has 0 aliphatic carbocycles. The van der Waals surface area contributed by atoms with Crippen LogP contribution in [0.25, 0.3) is 0 Å². The lowest BCUT2D eigenvalue weighted by Gasteiger charge is -2.24. The van der Waals surface area contributed by atoms with E-state index in [0.29, 0.717) is 13.2 Å². The minimum Gasteiger partial charge on any atom is -0.366 e. The molecule has 2 heterocycles. The Morgan fingerprint density at radius 1 is 1.63 bits per heavy atom. The standard InChI is InChI=1S/C13H20N2O2S.ClH/c1-9(7-11-4-3-10(2)18-11)15-13(16)12-8-14-5-6-17-12;/h3-4,9,12,14H,5-8H2,1-2H3,(H,15,16);1H. The smallest absolute Gasteiger partial charge is 0.250 e. The van der Waals surface area contributed by atoms with Crippen LogP contribution >= 0.6 is 23.7 Å². The van der Waals surface area contributed by atoms with Gasteiger partial charge in [0.1, 0.15) is 6.10 Å². The molecule has 0 radical (unpaired) electrons. The second-order valence-electron chi connectivity index (χ2n) is 4.69. The van der Waals surface area contributed by atoms with E-state index in [-0.39, 0.29) is 30.5 Å². The lowest BCUT2D eigenvalue weighted by atomic mass is 10.2. The van der Waals surface area contributed by atoms with Gasteiger partial charge in [0.05, 0.1) is 6.61 Å². The summed E-state index contributed by atoms with van der Waals surface area (Å²) in [6, 6.07) is 4.38. The third-order valence-corrected chi connectivity index (χ3v) is 3.94.